The summed E-state index contributed by atoms with van der Waals surface area (Å²) in [6.07, 6.45) is 2.96. The Morgan fingerprint density at radius 1 is 1.33 bits per heavy atom. The lowest BCUT2D eigenvalue weighted by Crippen LogP contribution is -2.32. The summed E-state index contributed by atoms with van der Waals surface area (Å²) >= 11 is 3.27. The van der Waals surface area contributed by atoms with Crippen molar-refractivity contribution >= 4 is 31.6 Å². The highest BCUT2D eigenvalue weighted by Crippen LogP contribution is 2.27. The Labute approximate surface area is 134 Å². The average molecular weight is 377 g/mol. The number of rotatable bonds is 4. The van der Waals surface area contributed by atoms with E-state index in [0.29, 0.717) is 22.3 Å². The molecule has 21 heavy (non-hydrogen) atoms. The average Bonchev–Trinajstić information content (AvgIpc) is 2.42. The number of nitrogens with one attached hydrogen (secondary N) is 1. The number of nitrogens with two attached hydrogens (primary N) is 1. The molecule has 118 valence electrons. The van der Waals surface area contributed by atoms with E-state index in [4.69, 9.17) is 5.73 Å². The normalized spacial score (nSPS) is 23.2. The molecule has 0 spiro atoms. The van der Waals surface area contributed by atoms with Gasteiger partial charge in [0.1, 0.15) is 0 Å². The van der Waals surface area contributed by atoms with Crippen molar-refractivity contribution in [2.24, 2.45) is 5.92 Å². The summed E-state index contributed by atoms with van der Waals surface area (Å²) in [7, 11) is -3.57. The fraction of sp³-hybridized carbons (Fsp3) is 0.571. The van der Waals surface area contributed by atoms with E-state index in [1.54, 1.807) is 19.1 Å². The number of hydrogen-bond acceptors (Lipinski definition) is 4. The van der Waals surface area contributed by atoms with E-state index in [-0.39, 0.29) is 16.9 Å². The minimum absolute atomic E-state index is 0.213. The van der Waals surface area contributed by atoms with E-state index in [1.165, 1.54) is 0 Å². The van der Waals surface area contributed by atoms with Gasteiger partial charge >= 0.3 is 0 Å². The molecule has 0 unspecified atom stereocenters. The number of anilines is 1. The highest BCUT2D eigenvalue weighted by molar-refractivity contribution is 9.10. The van der Waals surface area contributed by atoms with Crippen molar-refractivity contribution in [3.05, 3.63) is 22.2 Å². The number of nitrogen functional groups attached to an aromatic ring is 1. The van der Waals surface area contributed by atoms with Crippen LogP contribution in [0, 0.1) is 12.8 Å². The lowest BCUT2D eigenvalue weighted by atomic mass is 9.88. The summed E-state index contributed by atoms with van der Waals surface area (Å²) in [6, 6.07) is 3.26. The molecular weight excluding hydrogens is 356 g/mol. The Morgan fingerprint density at radius 2 is 1.95 bits per heavy atom. The van der Waals surface area contributed by atoms with Crippen molar-refractivity contribution in [1.29, 1.82) is 0 Å². The van der Waals surface area contributed by atoms with Crippen molar-refractivity contribution in [2.75, 3.05) is 12.3 Å². The number of halogens is 1. The fourth-order valence-corrected chi connectivity index (χ4v) is 4.65. The molecule has 0 atom stereocenters. The van der Waals surface area contributed by atoms with Crippen LogP contribution in [0.25, 0.3) is 0 Å². The molecule has 2 rings (SSSR count). The molecule has 4 N–H and O–H groups in total. The van der Waals surface area contributed by atoms with Crippen molar-refractivity contribution in [2.45, 2.75) is 43.6 Å². The molecular formula is C14H21BrN2O3S. The number of sulfonamides is 1. The smallest absolute Gasteiger partial charge is 0.240 e. The Bertz CT molecular complexity index is 611. The maximum atomic E-state index is 12.4. The number of benzene rings is 1. The minimum Gasteiger partial charge on any atom is -0.398 e. The van der Waals surface area contributed by atoms with Crippen LogP contribution in [0.5, 0.6) is 0 Å². The summed E-state index contributed by atoms with van der Waals surface area (Å²) < 4.78 is 28.2. The molecule has 1 aromatic rings. The van der Waals surface area contributed by atoms with E-state index in [9.17, 15) is 13.5 Å². The van der Waals surface area contributed by atoms with Gasteiger partial charge in [-0.05, 0) is 56.2 Å². The summed E-state index contributed by atoms with van der Waals surface area (Å²) in [5.41, 5.74) is 6.83. The first-order valence-corrected chi connectivity index (χ1v) is 9.30. The quantitative estimate of drug-likeness (QED) is 0.702. The van der Waals surface area contributed by atoms with Gasteiger partial charge in [0.15, 0.2) is 0 Å². The van der Waals surface area contributed by atoms with Crippen molar-refractivity contribution < 1.29 is 13.5 Å². The van der Waals surface area contributed by atoms with Gasteiger partial charge in [0.05, 0.1) is 11.0 Å². The molecule has 0 radical (unpaired) electrons. The van der Waals surface area contributed by atoms with E-state index in [1.807, 2.05) is 0 Å². The Balaban J connectivity index is 2.09. The van der Waals surface area contributed by atoms with E-state index >= 15 is 0 Å². The second kappa shape index (κ2) is 6.64. The third-order valence-electron chi connectivity index (χ3n) is 4.03. The SMILES string of the molecule is Cc1c(N)cc(Br)cc1S(=O)(=O)NCC1CCC(O)CC1. The molecule has 0 amide bonds. The molecule has 0 aliphatic heterocycles. The van der Waals surface area contributed by atoms with E-state index in [2.05, 4.69) is 20.7 Å². The summed E-state index contributed by atoms with van der Waals surface area (Å²) in [4.78, 5) is 0.213. The Hall–Kier alpha value is -0.630. The predicted octanol–water partition coefficient (Wildman–Crippen LogP) is 2.17. The molecule has 1 fully saturated rings. The zero-order chi connectivity index (χ0) is 15.6. The number of hydrogen-bond donors (Lipinski definition) is 3. The van der Waals surface area contributed by atoms with Gasteiger partial charge in [-0.1, -0.05) is 15.9 Å². The van der Waals surface area contributed by atoms with Crippen LogP contribution in [0.15, 0.2) is 21.5 Å². The first kappa shape index (κ1) is 16.7. The van der Waals surface area contributed by atoms with Crippen molar-refractivity contribution in [3.63, 3.8) is 0 Å². The molecule has 1 aliphatic rings. The van der Waals surface area contributed by atoms with Crippen LogP contribution >= 0.6 is 15.9 Å². The second-order valence-corrected chi connectivity index (χ2v) is 8.30. The first-order chi connectivity index (χ1) is 9.79. The Kier molecular flexibility index (Phi) is 5.29. The molecule has 0 saturated heterocycles. The molecule has 0 heterocycles. The maximum absolute atomic E-state index is 12.4. The third kappa shape index (κ3) is 4.18. The Morgan fingerprint density at radius 3 is 2.57 bits per heavy atom. The standard InChI is InChI=1S/C14H21BrN2O3S/c1-9-13(16)6-11(15)7-14(9)21(19,20)17-8-10-2-4-12(18)5-3-10/h6-7,10,12,17-18H,2-5,8,16H2,1H3. The van der Waals surface area contributed by atoms with E-state index < -0.39 is 10.0 Å². The van der Waals surface area contributed by atoms with Gasteiger partial charge in [-0.3, -0.25) is 0 Å². The zero-order valence-electron chi connectivity index (χ0n) is 12.0. The minimum atomic E-state index is -3.57. The molecule has 0 aromatic heterocycles. The first-order valence-electron chi connectivity index (χ1n) is 7.03. The molecule has 1 aliphatic carbocycles. The van der Waals surface area contributed by atoms with Crippen LogP contribution in [0.1, 0.15) is 31.2 Å². The molecule has 7 heteroatoms. The van der Waals surface area contributed by atoms with Gasteiger partial charge in [0, 0.05) is 16.7 Å². The number of aliphatic hydroxyl groups is 1. The summed E-state index contributed by atoms with van der Waals surface area (Å²) in [5, 5.41) is 9.47. The monoisotopic (exact) mass is 376 g/mol. The van der Waals surface area contributed by atoms with Gasteiger partial charge in [0.2, 0.25) is 10.0 Å². The zero-order valence-corrected chi connectivity index (χ0v) is 14.4. The third-order valence-corrected chi connectivity index (χ3v) is 6.04. The van der Waals surface area contributed by atoms with Crippen LogP contribution in [-0.4, -0.2) is 26.2 Å². The van der Waals surface area contributed by atoms with Crippen molar-refractivity contribution in [3.8, 4) is 0 Å². The van der Waals surface area contributed by atoms with Crippen molar-refractivity contribution in [1.82, 2.24) is 4.72 Å². The summed E-state index contributed by atoms with van der Waals surface area (Å²) in [5.74, 6) is 0.285. The topological polar surface area (TPSA) is 92.4 Å². The molecule has 0 bridgehead atoms. The highest BCUT2D eigenvalue weighted by Gasteiger charge is 2.23. The van der Waals surface area contributed by atoms with Crippen LogP contribution in [0.4, 0.5) is 5.69 Å². The van der Waals surface area contributed by atoms with Gasteiger partial charge < -0.3 is 10.8 Å². The second-order valence-electron chi connectivity index (χ2n) is 5.64. The summed E-state index contributed by atoms with van der Waals surface area (Å²) in [6.45, 7) is 2.11. The van der Waals surface area contributed by atoms with E-state index in [0.717, 1.165) is 25.7 Å². The van der Waals surface area contributed by atoms with Gasteiger partial charge in [-0.15, -0.1) is 0 Å². The highest BCUT2D eigenvalue weighted by atomic mass is 79.9. The molecule has 1 aromatic carbocycles. The lowest BCUT2D eigenvalue weighted by Gasteiger charge is -2.25. The lowest BCUT2D eigenvalue weighted by molar-refractivity contribution is 0.109. The molecule has 5 nitrogen and oxygen atoms in total. The largest absolute Gasteiger partial charge is 0.398 e. The van der Waals surface area contributed by atoms with Gasteiger partial charge in [-0.25, -0.2) is 13.1 Å². The molecule has 1 saturated carbocycles. The van der Waals surface area contributed by atoms with Crippen LogP contribution < -0.4 is 10.5 Å². The fourth-order valence-electron chi connectivity index (χ4n) is 2.61. The predicted molar refractivity (Wildman–Crippen MR) is 86.4 cm³/mol. The van der Waals surface area contributed by atoms with Gasteiger partial charge in [0.25, 0.3) is 0 Å². The van der Waals surface area contributed by atoms with Gasteiger partial charge in [-0.2, -0.15) is 0 Å². The van der Waals surface area contributed by atoms with Crippen LogP contribution in [-0.2, 0) is 10.0 Å². The number of aliphatic hydroxyl groups excluding tert-OH is 1. The maximum Gasteiger partial charge on any atom is 0.240 e. The van der Waals surface area contributed by atoms with Crippen LogP contribution in [0.3, 0.4) is 0 Å². The van der Waals surface area contributed by atoms with Crippen LogP contribution in [0.2, 0.25) is 0 Å².